The second-order valence-corrected chi connectivity index (χ2v) is 8.09. The number of carbonyl (C=O) groups excluding carboxylic acids is 2. The molecule has 1 aliphatic heterocycles. The zero-order valence-electron chi connectivity index (χ0n) is 19.0. The molecular weight excluding hydrogens is 416 g/mol. The largest absolute Gasteiger partial charge is 0.497 e. The third-order valence-corrected chi connectivity index (χ3v) is 5.74. The van der Waals surface area contributed by atoms with E-state index in [0.717, 1.165) is 36.5 Å². The number of nitrogens with one attached hydrogen (secondary N) is 1. The Bertz CT molecular complexity index is 1110. The highest BCUT2D eigenvalue weighted by molar-refractivity contribution is 6.04. The minimum atomic E-state index is -0.219. The molecule has 0 saturated carbocycles. The molecule has 1 saturated heterocycles. The van der Waals surface area contributed by atoms with E-state index in [1.54, 1.807) is 37.6 Å². The molecule has 3 aromatic rings. The fourth-order valence-electron chi connectivity index (χ4n) is 3.84. The van der Waals surface area contributed by atoms with E-state index in [0.29, 0.717) is 30.1 Å². The van der Waals surface area contributed by atoms with Gasteiger partial charge in [0.25, 0.3) is 11.8 Å². The topological polar surface area (TPSA) is 74.8 Å². The Kier molecular flexibility index (Phi) is 6.88. The number of aryl methyl sites for hydroxylation is 1. The number of hydrogen-bond acceptors (Lipinski definition) is 5. The van der Waals surface area contributed by atoms with Crippen molar-refractivity contribution in [2.24, 2.45) is 0 Å². The number of amides is 2. The first-order chi connectivity index (χ1) is 16.0. The minimum absolute atomic E-state index is 0.0698. The van der Waals surface area contributed by atoms with Crippen LogP contribution in [0.3, 0.4) is 0 Å². The van der Waals surface area contributed by atoms with Crippen molar-refractivity contribution in [3.8, 4) is 5.75 Å². The predicted molar refractivity (Wildman–Crippen MR) is 129 cm³/mol. The SMILES string of the molecule is COc1cccc(C(=O)Nc2ccc(N3CCCN(C(=O)c4ccc(C)cc4)CC3)nc2)c1. The highest BCUT2D eigenvalue weighted by atomic mass is 16.5. The van der Waals surface area contributed by atoms with Crippen molar-refractivity contribution in [3.05, 3.63) is 83.6 Å². The maximum absolute atomic E-state index is 12.9. The van der Waals surface area contributed by atoms with E-state index in [1.807, 2.05) is 48.2 Å². The van der Waals surface area contributed by atoms with Crippen LogP contribution in [0, 0.1) is 6.92 Å². The monoisotopic (exact) mass is 444 g/mol. The van der Waals surface area contributed by atoms with Crippen molar-refractivity contribution in [1.82, 2.24) is 9.88 Å². The Morgan fingerprint density at radius 2 is 1.76 bits per heavy atom. The summed E-state index contributed by atoms with van der Waals surface area (Å²) in [7, 11) is 1.57. The van der Waals surface area contributed by atoms with Crippen LogP contribution in [0.5, 0.6) is 5.75 Å². The summed E-state index contributed by atoms with van der Waals surface area (Å²) >= 11 is 0. The summed E-state index contributed by atoms with van der Waals surface area (Å²) in [4.78, 5) is 34.0. The summed E-state index contributed by atoms with van der Waals surface area (Å²) in [5.74, 6) is 1.31. The highest BCUT2D eigenvalue weighted by Crippen LogP contribution is 2.19. The van der Waals surface area contributed by atoms with Gasteiger partial charge in [0.15, 0.2) is 0 Å². The molecule has 2 aromatic carbocycles. The van der Waals surface area contributed by atoms with Crippen LogP contribution < -0.4 is 15.0 Å². The Morgan fingerprint density at radius 3 is 2.48 bits per heavy atom. The van der Waals surface area contributed by atoms with E-state index in [4.69, 9.17) is 4.74 Å². The second-order valence-electron chi connectivity index (χ2n) is 8.09. The minimum Gasteiger partial charge on any atom is -0.497 e. The molecule has 0 atom stereocenters. The van der Waals surface area contributed by atoms with Crippen molar-refractivity contribution in [2.75, 3.05) is 43.5 Å². The summed E-state index contributed by atoms with van der Waals surface area (Å²) in [5, 5.41) is 2.87. The molecule has 7 heteroatoms. The third kappa shape index (κ3) is 5.49. The van der Waals surface area contributed by atoms with Crippen molar-refractivity contribution >= 4 is 23.3 Å². The lowest BCUT2D eigenvalue weighted by molar-refractivity contribution is 0.0767. The molecule has 1 N–H and O–H groups in total. The quantitative estimate of drug-likeness (QED) is 0.644. The van der Waals surface area contributed by atoms with Crippen molar-refractivity contribution in [2.45, 2.75) is 13.3 Å². The molecule has 33 heavy (non-hydrogen) atoms. The Morgan fingerprint density at radius 1 is 0.939 bits per heavy atom. The molecule has 2 amide bonds. The van der Waals surface area contributed by atoms with E-state index in [2.05, 4.69) is 15.2 Å². The molecule has 1 aliphatic rings. The smallest absolute Gasteiger partial charge is 0.255 e. The van der Waals surface area contributed by atoms with E-state index in [1.165, 1.54) is 0 Å². The number of ether oxygens (including phenoxy) is 1. The van der Waals surface area contributed by atoms with Gasteiger partial charge in [0.05, 0.1) is 19.0 Å². The van der Waals surface area contributed by atoms with Gasteiger partial charge in [-0.2, -0.15) is 0 Å². The summed E-state index contributed by atoms with van der Waals surface area (Å²) in [6.07, 6.45) is 2.53. The number of anilines is 2. The molecule has 7 nitrogen and oxygen atoms in total. The van der Waals surface area contributed by atoms with Crippen LogP contribution >= 0.6 is 0 Å². The van der Waals surface area contributed by atoms with Gasteiger partial charge in [-0.3, -0.25) is 9.59 Å². The molecule has 170 valence electrons. The third-order valence-electron chi connectivity index (χ3n) is 5.74. The second kappa shape index (κ2) is 10.2. The van der Waals surface area contributed by atoms with Crippen molar-refractivity contribution in [1.29, 1.82) is 0 Å². The standard InChI is InChI=1S/C26H28N4O3/c1-19-7-9-20(10-8-19)26(32)30-14-4-13-29(15-16-30)24-12-11-22(18-27-24)28-25(31)21-5-3-6-23(17-21)33-2/h3,5-12,17-18H,4,13-16H2,1-2H3,(H,28,31). The van der Waals surface area contributed by atoms with Crippen LogP contribution in [-0.4, -0.2) is 55.0 Å². The lowest BCUT2D eigenvalue weighted by atomic mass is 10.1. The lowest BCUT2D eigenvalue weighted by Crippen LogP contribution is -2.35. The van der Waals surface area contributed by atoms with Gasteiger partial charge >= 0.3 is 0 Å². The molecule has 0 bridgehead atoms. The van der Waals surface area contributed by atoms with Gasteiger partial charge < -0.3 is 19.9 Å². The zero-order chi connectivity index (χ0) is 23.2. The molecule has 2 heterocycles. The summed E-state index contributed by atoms with van der Waals surface area (Å²) in [5.41, 5.74) is 3.01. The van der Waals surface area contributed by atoms with E-state index < -0.39 is 0 Å². The van der Waals surface area contributed by atoms with Crippen LogP contribution in [0.1, 0.15) is 32.7 Å². The van der Waals surface area contributed by atoms with Gasteiger partial charge in [0, 0.05) is 37.3 Å². The number of aromatic nitrogens is 1. The molecule has 0 spiro atoms. The number of benzene rings is 2. The number of methoxy groups -OCH3 is 1. The van der Waals surface area contributed by atoms with E-state index >= 15 is 0 Å². The summed E-state index contributed by atoms with van der Waals surface area (Å²) in [6.45, 7) is 4.90. The summed E-state index contributed by atoms with van der Waals surface area (Å²) in [6, 6.07) is 18.5. The Hall–Kier alpha value is -3.87. The first-order valence-corrected chi connectivity index (χ1v) is 11.1. The molecule has 0 radical (unpaired) electrons. The zero-order valence-corrected chi connectivity index (χ0v) is 19.0. The fraction of sp³-hybridized carbons (Fsp3) is 0.269. The predicted octanol–water partition coefficient (Wildman–Crippen LogP) is 4.00. The van der Waals surface area contributed by atoms with Gasteiger partial charge in [-0.1, -0.05) is 23.8 Å². The maximum atomic E-state index is 12.9. The first kappa shape index (κ1) is 22.3. The van der Waals surface area contributed by atoms with E-state index in [-0.39, 0.29) is 11.8 Å². The van der Waals surface area contributed by atoms with Crippen LogP contribution in [0.4, 0.5) is 11.5 Å². The van der Waals surface area contributed by atoms with E-state index in [9.17, 15) is 9.59 Å². The van der Waals surface area contributed by atoms with Gasteiger partial charge in [-0.15, -0.1) is 0 Å². The van der Waals surface area contributed by atoms with Gasteiger partial charge in [-0.05, 0) is 55.8 Å². The molecule has 4 rings (SSSR count). The number of carbonyl (C=O) groups is 2. The number of hydrogen-bond donors (Lipinski definition) is 1. The number of rotatable bonds is 5. The maximum Gasteiger partial charge on any atom is 0.255 e. The average molecular weight is 445 g/mol. The normalized spacial score (nSPS) is 13.9. The Balaban J connectivity index is 1.36. The summed E-state index contributed by atoms with van der Waals surface area (Å²) < 4.78 is 5.18. The lowest BCUT2D eigenvalue weighted by Gasteiger charge is -2.23. The van der Waals surface area contributed by atoms with Gasteiger partial charge in [-0.25, -0.2) is 4.98 Å². The van der Waals surface area contributed by atoms with Crippen LogP contribution in [0.15, 0.2) is 66.9 Å². The van der Waals surface area contributed by atoms with Gasteiger partial charge in [0.2, 0.25) is 0 Å². The van der Waals surface area contributed by atoms with Crippen LogP contribution in [0.2, 0.25) is 0 Å². The van der Waals surface area contributed by atoms with Crippen molar-refractivity contribution < 1.29 is 14.3 Å². The molecule has 1 aromatic heterocycles. The van der Waals surface area contributed by atoms with Crippen LogP contribution in [0.25, 0.3) is 0 Å². The van der Waals surface area contributed by atoms with Crippen molar-refractivity contribution in [3.63, 3.8) is 0 Å². The molecule has 0 unspecified atom stereocenters. The molecular formula is C26H28N4O3. The average Bonchev–Trinajstić information content (AvgIpc) is 3.11. The fourth-order valence-corrected chi connectivity index (χ4v) is 3.84. The number of nitrogens with zero attached hydrogens (tertiary/aromatic N) is 3. The first-order valence-electron chi connectivity index (χ1n) is 11.1. The van der Waals surface area contributed by atoms with Crippen LogP contribution in [-0.2, 0) is 0 Å². The molecule has 0 aliphatic carbocycles. The number of pyridine rings is 1. The van der Waals surface area contributed by atoms with Gasteiger partial charge in [0.1, 0.15) is 11.6 Å². The Labute approximate surface area is 194 Å². The highest BCUT2D eigenvalue weighted by Gasteiger charge is 2.21. The molecule has 1 fully saturated rings.